The summed E-state index contributed by atoms with van der Waals surface area (Å²) in [5, 5.41) is 8.77. The lowest BCUT2D eigenvalue weighted by atomic mass is 10.2. The van der Waals surface area contributed by atoms with Crippen LogP contribution in [0.1, 0.15) is 18.4 Å². The molecule has 1 saturated carbocycles. The Morgan fingerprint density at radius 1 is 1.43 bits per heavy atom. The summed E-state index contributed by atoms with van der Waals surface area (Å²) in [7, 11) is 0. The molecule has 76 valence electrons. The van der Waals surface area contributed by atoms with E-state index in [9.17, 15) is 4.39 Å². The van der Waals surface area contributed by atoms with Crippen molar-refractivity contribution in [2.75, 3.05) is 6.61 Å². The van der Waals surface area contributed by atoms with E-state index in [-0.39, 0.29) is 12.4 Å². The third kappa shape index (κ3) is 2.23. The van der Waals surface area contributed by atoms with Crippen molar-refractivity contribution in [1.82, 2.24) is 0 Å². The van der Waals surface area contributed by atoms with Crippen molar-refractivity contribution in [3.05, 3.63) is 29.6 Å². The summed E-state index contributed by atoms with van der Waals surface area (Å²) in [6.07, 6.45) is 2.38. The largest absolute Gasteiger partial charge is 0.490 e. The molecule has 0 spiro atoms. The molecule has 0 unspecified atom stereocenters. The van der Waals surface area contributed by atoms with Gasteiger partial charge < -0.3 is 9.84 Å². The van der Waals surface area contributed by atoms with Gasteiger partial charge in [0.2, 0.25) is 0 Å². The second-order valence-electron chi connectivity index (χ2n) is 3.68. The number of hydrogen-bond donors (Lipinski definition) is 1. The van der Waals surface area contributed by atoms with E-state index in [1.54, 1.807) is 12.1 Å². The van der Waals surface area contributed by atoms with Crippen molar-refractivity contribution in [3.8, 4) is 5.75 Å². The van der Waals surface area contributed by atoms with Gasteiger partial charge >= 0.3 is 0 Å². The zero-order valence-corrected chi connectivity index (χ0v) is 7.87. The number of aliphatic hydroxyl groups excluding tert-OH is 1. The highest BCUT2D eigenvalue weighted by atomic mass is 19.1. The van der Waals surface area contributed by atoms with Gasteiger partial charge in [0, 0.05) is 0 Å². The quantitative estimate of drug-likeness (QED) is 0.799. The molecule has 1 aromatic rings. The summed E-state index contributed by atoms with van der Waals surface area (Å²) in [5.41, 5.74) is 0.571. The van der Waals surface area contributed by atoms with Gasteiger partial charge in [-0.1, -0.05) is 6.07 Å². The molecule has 0 aromatic heterocycles. The van der Waals surface area contributed by atoms with Crippen LogP contribution in [0.25, 0.3) is 0 Å². The fourth-order valence-electron chi connectivity index (χ4n) is 1.25. The van der Waals surface area contributed by atoms with E-state index < -0.39 is 5.82 Å². The predicted molar refractivity (Wildman–Crippen MR) is 50.5 cm³/mol. The van der Waals surface area contributed by atoms with Gasteiger partial charge in [0.25, 0.3) is 0 Å². The average molecular weight is 196 g/mol. The predicted octanol–water partition coefficient (Wildman–Crippen LogP) is 2.11. The molecule has 0 radical (unpaired) electrons. The van der Waals surface area contributed by atoms with Crippen LogP contribution in [0.2, 0.25) is 0 Å². The highest BCUT2D eigenvalue weighted by Crippen LogP contribution is 2.30. The Bertz CT molecular complexity index is 321. The summed E-state index contributed by atoms with van der Waals surface area (Å²) < 4.78 is 18.6. The maximum atomic E-state index is 13.3. The topological polar surface area (TPSA) is 29.5 Å². The van der Waals surface area contributed by atoms with Crippen LogP contribution in [-0.4, -0.2) is 11.7 Å². The van der Waals surface area contributed by atoms with Crippen LogP contribution >= 0.6 is 0 Å². The summed E-state index contributed by atoms with van der Waals surface area (Å²) in [4.78, 5) is 0. The van der Waals surface area contributed by atoms with Crippen LogP contribution < -0.4 is 4.74 Å². The van der Waals surface area contributed by atoms with E-state index in [0.29, 0.717) is 18.1 Å². The first kappa shape index (κ1) is 9.46. The lowest BCUT2D eigenvalue weighted by Gasteiger charge is -2.06. The van der Waals surface area contributed by atoms with Gasteiger partial charge in [0.05, 0.1) is 13.2 Å². The number of benzene rings is 1. The summed E-state index contributed by atoms with van der Waals surface area (Å²) in [5.74, 6) is 0.512. The fraction of sp³-hybridized carbons (Fsp3) is 0.455. The van der Waals surface area contributed by atoms with Gasteiger partial charge in [-0.25, -0.2) is 4.39 Å². The van der Waals surface area contributed by atoms with Gasteiger partial charge in [0.15, 0.2) is 11.6 Å². The minimum atomic E-state index is -0.391. The zero-order valence-electron chi connectivity index (χ0n) is 7.87. The third-order valence-electron chi connectivity index (χ3n) is 2.35. The fourth-order valence-corrected chi connectivity index (χ4v) is 1.25. The smallest absolute Gasteiger partial charge is 0.165 e. The number of ether oxygens (including phenoxy) is 1. The van der Waals surface area contributed by atoms with Gasteiger partial charge in [-0.15, -0.1) is 0 Å². The third-order valence-corrected chi connectivity index (χ3v) is 2.35. The Labute approximate surface area is 82.3 Å². The molecule has 2 rings (SSSR count). The second kappa shape index (κ2) is 3.96. The summed E-state index contributed by atoms with van der Waals surface area (Å²) >= 11 is 0. The molecule has 1 aromatic carbocycles. The SMILES string of the molecule is OCc1ccc(OCC2CC2)c(F)c1. The molecule has 0 saturated heterocycles. The lowest BCUT2D eigenvalue weighted by Crippen LogP contribution is -2.01. The second-order valence-corrected chi connectivity index (χ2v) is 3.68. The van der Waals surface area contributed by atoms with E-state index in [1.165, 1.54) is 18.9 Å². The molecule has 0 amide bonds. The molecule has 2 nitrogen and oxygen atoms in total. The molecule has 1 aliphatic rings. The monoisotopic (exact) mass is 196 g/mol. The Hall–Kier alpha value is -1.09. The van der Waals surface area contributed by atoms with Crippen molar-refractivity contribution >= 4 is 0 Å². The number of hydrogen-bond acceptors (Lipinski definition) is 2. The highest BCUT2D eigenvalue weighted by Gasteiger charge is 2.22. The molecule has 0 atom stereocenters. The first-order valence-electron chi connectivity index (χ1n) is 4.81. The summed E-state index contributed by atoms with van der Waals surface area (Å²) in [6, 6.07) is 4.55. The zero-order chi connectivity index (χ0) is 9.97. The van der Waals surface area contributed by atoms with Gasteiger partial charge in [0.1, 0.15) is 0 Å². The number of rotatable bonds is 4. The van der Waals surface area contributed by atoms with Crippen LogP contribution in [0.4, 0.5) is 4.39 Å². The van der Waals surface area contributed by atoms with Crippen molar-refractivity contribution in [3.63, 3.8) is 0 Å². The van der Waals surface area contributed by atoms with E-state index in [1.807, 2.05) is 0 Å². The Balaban J connectivity index is 2.01. The van der Waals surface area contributed by atoms with Crippen LogP contribution in [-0.2, 0) is 6.61 Å². The van der Waals surface area contributed by atoms with Crippen molar-refractivity contribution < 1.29 is 14.2 Å². The van der Waals surface area contributed by atoms with Gasteiger partial charge in [-0.3, -0.25) is 0 Å². The van der Waals surface area contributed by atoms with E-state index >= 15 is 0 Å². The maximum absolute atomic E-state index is 13.3. The van der Waals surface area contributed by atoms with Crippen LogP contribution in [0.3, 0.4) is 0 Å². The normalized spacial score (nSPS) is 15.6. The standard InChI is InChI=1S/C11H13FO2/c12-10-5-9(6-13)3-4-11(10)14-7-8-1-2-8/h3-5,8,13H,1-2,6-7H2. The minimum absolute atomic E-state index is 0.139. The average Bonchev–Trinajstić information content (AvgIpc) is 2.99. The molecule has 1 N–H and O–H groups in total. The molecule has 0 heterocycles. The van der Waals surface area contributed by atoms with Crippen LogP contribution in [0.15, 0.2) is 18.2 Å². The molecule has 0 aliphatic heterocycles. The lowest BCUT2D eigenvalue weighted by molar-refractivity contribution is 0.275. The van der Waals surface area contributed by atoms with Gasteiger partial charge in [-0.2, -0.15) is 0 Å². The molecule has 3 heteroatoms. The number of aliphatic hydroxyl groups is 1. The molecule has 14 heavy (non-hydrogen) atoms. The van der Waals surface area contributed by atoms with Crippen molar-refractivity contribution in [2.45, 2.75) is 19.4 Å². The van der Waals surface area contributed by atoms with E-state index in [2.05, 4.69) is 0 Å². The first-order chi connectivity index (χ1) is 6.79. The van der Waals surface area contributed by atoms with Crippen molar-refractivity contribution in [2.24, 2.45) is 5.92 Å². The molecule has 1 fully saturated rings. The van der Waals surface area contributed by atoms with Crippen LogP contribution in [0.5, 0.6) is 5.75 Å². The van der Waals surface area contributed by atoms with E-state index in [0.717, 1.165) is 0 Å². The Morgan fingerprint density at radius 2 is 2.21 bits per heavy atom. The Kier molecular flexibility index (Phi) is 2.68. The maximum Gasteiger partial charge on any atom is 0.165 e. The summed E-state index contributed by atoms with van der Waals surface area (Å²) in [6.45, 7) is 0.467. The first-order valence-corrected chi connectivity index (χ1v) is 4.81. The number of halogens is 1. The minimum Gasteiger partial charge on any atom is -0.490 e. The Morgan fingerprint density at radius 3 is 2.79 bits per heavy atom. The molecule has 1 aliphatic carbocycles. The van der Waals surface area contributed by atoms with Crippen LogP contribution in [0, 0.1) is 11.7 Å². The van der Waals surface area contributed by atoms with E-state index in [4.69, 9.17) is 9.84 Å². The molecular weight excluding hydrogens is 183 g/mol. The molecular formula is C11H13FO2. The molecule has 0 bridgehead atoms. The van der Waals surface area contributed by atoms with Gasteiger partial charge in [-0.05, 0) is 36.5 Å². The highest BCUT2D eigenvalue weighted by molar-refractivity contribution is 5.29. The van der Waals surface area contributed by atoms with Crippen molar-refractivity contribution in [1.29, 1.82) is 0 Å².